The summed E-state index contributed by atoms with van der Waals surface area (Å²) in [4.78, 5) is 12.1. The van der Waals surface area contributed by atoms with Crippen LogP contribution < -0.4 is 5.56 Å². The lowest BCUT2D eigenvalue weighted by Crippen LogP contribution is -2.19. The molecule has 3 aromatic heterocycles. The summed E-state index contributed by atoms with van der Waals surface area (Å²) in [5.41, 5.74) is 1.09. The maximum absolute atomic E-state index is 12.1. The molecule has 5 heteroatoms. The van der Waals surface area contributed by atoms with Gasteiger partial charge in [-0.15, -0.1) is 11.3 Å². The smallest absolute Gasteiger partial charge is 0.259 e. The predicted octanol–water partition coefficient (Wildman–Crippen LogP) is 1.84. The summed E-state index contributed by atoms with van der Waals surface area (Å²) in [6.07, 6.45) is 5.54. The molecule has 0 N–H and O–H groups in total. The Bertz CT molecular complexity index is 723. The number of aryl methyl sites for hydroxylation is 1. The third kappa shape index (κ3) is 1.78. The summed E-state index contributed by atoms with van der Waals surface area (Å²) in [7, 11) is 1.87. The first kappa shape index (κ1) is 10.3. The number of aromatic nitrogens is 3. The summed E-state index contributed by atoms with van der Waals surface area (Å²) in [5.74, 6) is 0. The van der Waals surface area contributed by atoms with Crippen molar-refractivity contribution in [3.8, 4) is 0 Å². The lowest BCUT2D eigenvalue weighted by Gasteiger charge is -2.03. The molecule has 0 aliphatic carbocycles. The van der Waals surface area contributed by atoms with Crippen molar-refractivity contribution in [3.05, 3.63) is 52.0 Å². The normalized spacial score (nSPS) is 11.1. The summed E-state index contributed by atoms with van der Waals surface area (Å²) >= 11 is 1.59. The second-order valence-electron chi connectivity index (χ2n) is 3.97. The summed E-state index contributed by atoms with van der Waals surface area (Å²) < 4.78 is 4.49. The Hall–Kier alpha value is -1.88. The lowest BCUT2D eigenvalue weighted by molar-refractivity contribution is 0.754. The van der Waals surface area contributed by atoms with Gasteiger partial charge in [-0.05, 0) is 17.5 Å². The van der Waals surface area contributed by atoms with E-state index in [1.807, 2.05) is 37.0 Å². The first-order valence-corrected chi connectivity index (χ1v) is 6.16. The molecule has 0 aliphatic heterocycles. The van der Waals surface area contributed by atoms with E-state index in [1.165, 1.54) is 0 Å². The minimum Gasteiger partial charge on any atom is -0.310 e. The van der Waals surface area contributed by atoms with E-state index in [4.69, 9.17) is 0 Å². The fourth-order valence-electron chi connectivity index (χ4n) is 1.88. The molecule has 3 heterocycles. The van der Waals surface area contributed by atoms with Crippen molar-refractivity contribution < 1.29 is 0 Å². The molecular formula is C12H11N3OS. The van der Waals surface area contributed by atoms with Crippen LogP contribution in [0.1, 0.15) is 5.56 Å². The van der Waals surface area contributed by atoms with Gasteiger partial charge in [-0.25, -0.2) is 0 Å². The highest BCUT2D eigenvalue weighted by Crippen LogP contribution is 2.16. The largest absolute Gasteiger partial charge is 0.310 e. The van der Waals surface area contributed by atoms with Crippen molar-refractivity contribution in [3.63, 3.8) is 0 Å². The predicted molar refractivity (Wildman–Crippen MR) is 68.4 cm³/mol. The van der Waals surface area contributed by atoms with Crippen LogP contribution in [0.15, 0.2) is 40.9 Å². The number of hydrogen-bond donors (Lipinski definition) is 0. The van der Waals surface area contributed by atoms with Crippen LogP contribution in [0.4, 0.5) is 0 Å². The summed E-state index contributed by atoms with van der Waals surface area (Å²) in [5, 5.41) is 6.84. The molecule has 4 nitrogen and oxygen atoms in total. The molecule has 0 unspecified atom stereocenters. The molecule has 3 aromatic rings. The van der Waals surface area contributed by atoms with Gasteiger partial charge < -0.3 is 4.57 Å². The zero-order valence-corrected chi connectivity index (χ0v) is 10.1. The van der Waals surface area contributed by atoms with Crippen molar-refractivity contribution in [2.45, 2.75) is 6.54 Å². The minimum absolute atomic E-state index is 0.0626. The Morgan fingerprint density at radius 1 is 1.41 bits per heavy atom. The molecular weight excluding hydrogens is 234 g/mol. The van der Waals surface area contributed by atoms with Crippen LogP contribution in [-0.4, -0.2) is 14.3 Å². The maximum Gasteiger partial charge on any atom is 0.259 e. The molecule has 3 rings (SSSR count). The van der Waals surface area contributed by atoms with E-state index in [0.29, 0.717) is 6.54 Å². The van der Waals surface area contributed by atoms with Gasteiger partial charge in [0.1, 0.15) is 0 Å². The molecule has 0 saturated heterocycles. The van der Waals surface area contributed by atoms with Gasteiger partial charge in [-0.2, -0.15) is 5.10 Å². The highest BCUT2D eigenvalue weighted by atomic mass is 32.1. The second kappa shape index (κ2) is 3.85. The van der Waals surface area contributed by atoms with Crippen molar-refractivity contribution in [2.75, 3.05) is 0 Å². The van der Waals surface area contributed by atoms with E-state index in [1.54, 1.807) is 26.8 Å². The average molecular weight is 245 g/mol. The Labute approximate surface area is 102 Å². The van der Waals surface area contributed by atoms with Gasteiger partial charge in [0.05, 0.1) is 18.1 Å². The zero-order chi connectivity index (χ0) is 11.8. The number of nitrogens with zero attached hydrogens (tertiary/aromatic N) is 3. The molecule has 0 atom stereocenters. The molecule has 0 spiro atoms. The van der Waals surface area contributed by atoms with Crippen LogP contribution in [0, 0.1) is 0 Å². The van der Waals surface area contributed by atoms with Crippen LogP contribution in [0.2, 0.25) is 0 Å². The summed E-state index contributed by atoms with van der Waals surface area (Å²) in [6.45, 7) is 0.568. The van der Waals surface area contributed by atoms with Gasteiger partial charge >= 0.3 is 0 Å². The molecule has 86 valence electrons. The Kier molecular flexibility index (Phi) is 2.33. The first-order chi connectivity index (χ1) is 8.24. The number of rotatable bonds is 2. The third-order valence-corrected chi connectivity index (χ3v) is 3.59. The standard InChI is InChI=1S/C12H11N3OS/c1-14-7-9(6-13-14)8-15-4-2-11-10(12(15)16)3-5-17-11/h2-7H,8H2,1H3. The SMILES string of the molecule is Cn1cc(Cn2ccc3sccc3c2=O)cn1. The fraction of sp³-hybridized carbons (Fsp3) is 0.167. The van der Waals surface area contributed by atoms with E-state index >= 15 is 0 Å². The maximum atomic E-state index is 12.1. The quantitative estimate of drug-likeness (QED) is 0.691. The van der Waals surface area contributed by atoms with E-state index in [0.717, 1.165) is 15.6 Å². The lowest BCUT2D eigenvalue weighted by atomic mass is 10.3. The number of thiophene rings is 1. The topological polar surface area (TPSA) is 39.8 Å². The highest BCUT2D eigenvalue weighted by molar-refractivity contribution is 7.17. The first-order valence-electron chi connectivity index (χ1n) is 5.28. The molecule has 0 bridgehead atoms. The number of hydrogen-bond acceptors (Lipinski definition) is 3. The zero-order valence-electron chi connectivity index (χ0n) is 9.33. The van der Waals surface area contributed by atoms with Gasteiger partial charge in [0.15, 0.2) is 0 Å². The van der Waals surface area contributed by atoms with Crippen LogP contribution in [0.25, 0.3) is 10.1 Å². The van der Waals surface area contributed by atoms with Crippen molar-refractivity contribution >= 4 is 21.4 Å². The fourth-order valence-corrected chi connectivity index (χ4v) is 2.65. The van der Waals surface area contributed by atoms with Gasteiger partial charge in [-0.3, -0.25) is 9.48 Å². The second-order valence-corrected chi connectivity index (χ2v) is 4.92. The summed E-state index contributed by atoms with van der Waals surface area (Å²) in [6, 6.07) is 3.86. The highest BCUT2D eigenvalue weighted by Gasteiger charge is 2.04. The third-order valence-electron chi connectivity index (χ3n) is 2.70. The number of pyridine rings is 1. The molecule has 0 amide bonds. The van der Waals surface area contributed by atoms with E-state index < -0.39 is 0 Å². The molecule has 0 radical (unpaired) electrons. The van der Waals surface area contributed by atoms with Gasteiger partial charge in [0.25, 0.3) is 5.56 Å². The van der Waals surface area contributed by atoms with Crippen molar-refractivity contribution in [2.24, 2.45) is 7.05 Å². The minimum atomic E-state index is 0.0626. The number of fused-ring (bicyclic) bond motifs is 1. The van der Waals surface area contributed by atoms with E-state index in [-0.39, 0.29) is 5.56 Å². The van der Waals surface area contributed by atoms with Crippen LogP contribution in [-0.2, 0) is 13.6 Å². The average Bonchev–Trinajstić information content (AvgIpc) is 2.92. The molecule has 0 aromatic carbocycles. The monoisotopic (exact) mass is 245 g/mol. The Morgan fingerprint density at radius 2 is 2.29 bits per heavy atom. The Balaban J connectivity index is 2.06. The Morgan fingerprint density at radius 3 is 3.06 bits per heavy atom. The van der Waals surface area contributed by atoms with Crippen LogP contribution in [0.5, 0.6) is 0 Å². The van der Waals surface area contributed by atoms with Crippen LogP contribution in [0.3, 0.4) is 0 Å². The molecule has 17 heavy (non-hydrogen) atoms. The van der Waals surface area contributed by atoms with Crippen LogP contribution >= 0.6 is 11.3 Å². The molecule has 0 aliphatic rings. The molecule has 0 saturated carbocycles. The van der Waals surface area contributed by atoms with E-state index in [2.05, 4.69) is 5.10 Å². The molecule has 0 fully saturated rings. The van der Waals surface area contributed by atoms with Gasteiger partial charge in [0, 0.05) is 29.7 Å². The van der Waals surface area contributed by atoms with Crippen molar-refractivity contribution in [1.29, 1.82) is 0 Å². The van der Waals surface area contributed by atoms with Crippen molar-refractivity contribution in [1.82, 2.24) is 14.3 Å². The van der Waals surface area contributed by atoms with Gasteiger partial charge in [-0.1, -0.05) is 0 Å². The van der Waals surface area contributed by atoms with E-state index in [9.17, 15) is 4.79 Å². The van der Waals surface area contributed by atoms with Gasteiger partial charge in [0.2, 0.25) is 0 Å².